The van der Waals surface area contributed by atoms with Gasteiger partial charge in [0.15, 0.2) is 0 Å². The van der Waals surface area contributed by atoms with Gasteiger partial charge in [0, 0.05) is 42.4 Å². The molecule has 1 aliphatic heterocycles. The summed E-state index contributed by atoms with van der Waals surface area (Å²) in [7, 11) is 0. The second-order valence-corrected chi connectivity index (χ2v) is 4.44. The van der Waals surface area contributed by atoms with Crippen molar-refractivity contribution in [1.29, 1.82) is 0 Å². The number of rotatable bonds is 1. The highest BCUT2D eigenvalue weighted by atomic mass is 32.2. The van der Waals surface area contributed by atoms with Crippen LogP contribution in [0.5, 0.6) is 0 Å². The van der Waals surface area contributed by atoms with Crippen molar-refractivity contribution in [3.05, 3.63) is 34.4 Å². The molecule has 6 heteroatoms. The fraction of sp³-hybridized carbons (Fsp3) is 0.400. The van der Waals surface area contributed by atoms with Crippen LogP contribution in [0.15, 0.2) is 24.3 Å². The monoisotopic (exact) mass is 241 g/mol. The van der Waals surface area contributed by atoms with Crippen LogP contribution in [0.3, 0.4) is 0 Å². The first-order valence-corrected chi connectivity index (χ1v) is 6.14. The molecule has 1 heterocycles. The van der Waals surface area contributed by atoms with Crippen molar-refractivity contribution < 1.29 is 4.92 Å². The third kappa shape index (κ3) is 4.99. The Morgan fingerprint density at radius 2 is 1.81 bits per heavy atom. The Morgan fingerprint density at radius 3 is 2.12 bits per heavy atom. The summed E-state index contributed by atoms with van der Waals surface area (Å²) in [5.74, 6) is 2.61. The molecule has 2 rings (SSSR count). The number of benzene rings is 1. The van der Waals surface area contributed by atoms with Gasteiger partial charge in [-0.2, -0.15) is 11.8 Å². The van der Waals surface area contributed by atoms with Gasteiger partial charge >= 0.3 is 0 Å². The van der Waals surface area contributed by atoms with Gasteiger partial charge in [-0.15, -0.1) is 0 Å². The van der Waals surface area contributed by atoms with Crippen LogP contribution in [-0.4, -0.2) is 29.5 Å². The van der Waals surface area contributed by atoms with E-state index in [9.17, 15) is 10.1 Å². The lowest BCUT2D eigenvalue weighted by atomic mass is 10.3. The van der Waals surface area contributed by atoms with Crippen molar-refractivity contribution in [2.75, 3.05) is 30.3 Å². The number of nitro groups is 1. The third-order valence-electron chi connectivity index (χ3n) is 1.95. The summed E-state index contributed by atoms with van der Waals surface area (Å²) in [4.78, 5) is 9.62. The Hall–Kier alpha value is -1.27. The molecular formula is C10H15N3O2S. The molecule has 0 atom stereocenters. The van der Waals surface area contributed by atoms with Crippen LogP contribution in [0.1, 0.15) is 0 Å². The number of hydrogen-bond acceptors (Lipinski definition) is 5. The molecule has 1 aliphatic rings. The van der Waals surface area contributed by atoms with E-state index in [0.29, 0.717) is 5.69 Å². The van der Waals surface area contributed by atoms with E-state index in [-0.39, 0.29) is 5.69 Å². The average molecular weight is 241 g/mol. The first-order valence-electron chi connectivity index (χ1n) is 4.98. The Kier molecular flexibility index (Phi) is 5.66. The van der Waals surface area contributed by atoms with Crippen LogP contribution in [-0.2, 0) is 0 Å². The molecule has 16 heavy (non-hydrogen) atoms. The number of nitrogens with one attached hydrogen (secondary N) is 1. The maximum absolute atomic E-state index is 10.1. The number of nitrogens with two attached hydrogens (primary N) is 1. The van der Waals surface area contributed by atoms with Crippen LogP contribution < -0.4 is 11.1 Å². The molecule has 0 saturated carbocycles. The zero-order chi connectivity index (χ0) is 11.8. The van der Waals surface area contributed by atoms with Gasteiger partial charge in [0.2, 0.25) is 0 Å². The van der Waals surface area contributed by atoms with Crippen molar-refractivity contribution in [2.24, 2.45) is 0 Å². The second kappa shape index (κ2) is 7.08. The minimum absolute atomic E-state index is 0.0641. The molecule has 1 aromatic rings. The first-order chi connectivity index (χ1) is 7.70. The Morgan fingerprint density at radius 1 is 1.25 bits per heavy atom. The van der Waals surface area contributed by atoms with Gasteiger partial charge in [-0.3, -0.25) is 10.1 Å². The van der Waals surface area contributed by atoms with E-state index in [1.54, 1.807) is 0 Å². The van der Waals surface area contributed by atoms with Gasteiger partial charge in [-0.1, -0.05) is 0 Å². The van der Waals surface area contributed by atoms with Crippen molar-refractivity contribution in [3.63, 3.8) is 0 Å². The first kappa shape index (κ1) is 12.8. The number of thioether (sulfide) groups is 1. The number of nitrogen functional groups attached to an aromatic ring is 1. The molecule has 1 saturated heterocycles. The molecule has 0 amide bonds. The predicted octanol–water partition coefficient (Wildman–Crippen LogP) is 1.50. The van der Waals surface area contributed by atoms with Gasteiger partial charge in [0.25, 0.3) is 5.69 Å². The molecule has 0 aliphatic carbocycles. The van der Waals surface area contributed by atoms with Crippen LogP contribution in [0.2, 0.25) is 0 Å². The predicted molar refractivity (Wildman–Crippen MR) is 67.7 cm³/mol. The van der Waals surface area contributed by atoms with E-state index in [1.807, 2.05) is 11.8 Å². The van der Waals surface area contributed by atoms with E-state index >= 15 is 0 Å². The lowest BCUT2D eigenvalue weighted by molar-refractivity contribution is -0.384. The van der Waals surface area contributed by atoms with Crippen LogP contribution in [0.25, 0.3) is 0 Å². The number of anilines is 1. The molecule has 1 aromatic carbocycles. The summed E-state index contributed by atoms with van der Waals surface area (Å²) in [6.45, 7) is 2.43. The van der Waals surface area contributed by atoms with E-state index in [0.717, 1.165) is 0 Å². The molecule has 0 aromatic heterocycles. The topological polar surface area (TPSA) is 81.2 Å². The van der Waals surface area contributed by atoms with Gasteiger partial charge in [0.05, 0.1) is 4.92 Å². The van der Waals surface area contributed by atoms with E-state index < -0.39 is 4.92 Å². The molecule has 88 valence electrons. The molecule has 0 radical (unpaired) electrons. The molecule has 5 nitrogen and oxygen atoms in total. The number of non-ortho nitro benzene ring substituents is 1. The number of nitro benzene ring substituents is 1. The third-order valence-corrected chi connectivity index (χ3v) is 2.94. The van der Waals surface area contributed by atoms with Crippen LogP contribution in [0.4, 0.5) is 11.4 Å². The highest BCUT2D eigenvalue weighted by Gasteiger charge is 2.00. The van der Waals surface area contributed by atoms with Gasteiger partial charge in [-0.05, 0) is 12.1 Å². The Balaban J connectivity index is 0.000000181. The smallest absolute Gasteiger partial charge is 0.269 e. The summed E-state index contributed by atoms with van der Waals surface area (Å²) >= 11 is 2.03. The summed E-state index contributed by atoms with van der Waals surface area (Å²) in [6.07, 6.45) is 0. The lowest BCUT2D eigenvalue weighted by Gasteiger charge is -2.08. The van der Waals surface area contributed by atoms with Crippen molar-refractivity contribution in [1.82, 2.24) is 5.32 Å². The lowest BCUT2D eigenvalue weighted by Crippen LogP contribution is -2.24. The van der Waals surface area contributed by atoms with Gasteiger partial charge in [-0.25, -0.2) is 0 Å². The van der Waals surface area contributed by atoms with Gasteiger partial charge < -0.3 is 11.1 Å². The zero-order valence-electron chi connectivity index (χ0n) is 8.89. The van der Waals surface area contributed by atoms with Crippen molar-refractivity contribution in [3.8, 4) is 0 Å². The molecule has 0 bridgehead atoms. The summed E-state index contributed by atoms with van der Waals surface area (Å²) in [6, 6.07) is 5.74. The number of hydrogen-bond donors (Lipinski definition) is 2. The van der Waals surface area contributed by atoms with Crippen molar-refractivity contribution >= 4 is 23.1 Å². The zero-order valence-corrected chi connectivity index (χ0v) is 9.70. The van der Waals surface area contributed by atoms with E-state index in [2.05, 4.69) is 5.32 Å². The minimum Gasteiger partial charge on any atom is -0.399 e. The summed E-state index contributed by atoms with van der Waals surface area (Å²) in [5, 5.41) is 13.3. The normalized spacial score (nSPS) is 14.8. The molecule has 3 N–H and O–H groups in total. The minimum atomic E-state index is -0.459. The number of nitrogens with zero attached hydrogens (tertiary/aromatic N) is 1. The highest BCUT2D eigenvalue weighted by molar-refractivity contribution is 7.99. The van der Waals surface area contributed by atoms with Crippen molar-refractivity contribution in [2.45, 2.75) is 0 Å². The van der Waals surface area contributed by atoms with E-state index in [4.69, 9.17) is 5.73 Å². The molecule has 1 fully saturated rings. The average Bonchev–Trinajstić information content (AvgIpc) is 2.32. The molecular weight excluding hydrogens is 226 g/mol. The van der Waals surface area contributed by atoms with Crippen LogP contribution in [0, 0.1) is 10.1 Å². The Bertz CT molecular complexity index is 314. The highest BCUT2D eigenvalue weighted by Crippen LogP contribution is 2.12. The fourth-order valence-electron chi connectivity index (χ4n) is 1.11. The SMILES string of the molecule is C1CSCCN1.Nc1ccc([N+](=O)[O-])cc1. The van der Waals surface area contributed by atoms with Gasteiger partial charge in [0.1, 0.15) is 0 Å². The summed E-state index contributed by atoms with van der Waals surface area (Å²) < 4.78 is 0. The fourth-order valence-corrected chi connectivity index (χ4v) is 1.89. The second-order valence-electron chi connectivity index (χ2n) is 3.21. The molecule has 0 spiro atoms. The quantitative estimate of drug-likeness (QED) is 0.442. The standard InChI is InChI=1S/C6H6N2O2.C4H9NS/c7-5-1-3-6(4-2-5)8(9)10;1-3-6-4-2-5-1/h1-4H,7H2;5H,1-4H2. The Labute approximate surface area is 98.6 Å². The maximum atomic E-state index is 10.1. The molecule has 0 unspecified atom stereocenters. The van der Waals surface area contributed by atoms with E-state index in [1.165, 1.54) is 48.9 Å². The maximum Gasteiger partial charge on any atom is 0.269 e. The summed E-state index contributed by atoms with van der Waals surface area (Å²) in [5.41, 5.74) is 5.90. The largest absolute Gasteiger partial charge is 0.399 e. The van der Waals surface area contributed by atoms with Crippen LogP contribution >= 0.6 is 11.8 Å².